The lowest BCUT2D eigenvalue weighted by molar-refractivity contribution is 0.246. The summed E-state index contributed by atoms with van der Waals surface area (Å²) in [6.45, 7) is 0.667. The molecular weight excluding hydrogens is 416 g/mol. The fraction of sp³-hybridized carbons (Fsp3) is 0.562. The van der Waals surface area contributed by atoms with Crippen molar-refractivity contribution < 1.29 is 10.2 Å². The maximum Gasteiger partial charge on any atom is 0.0431 e. The van der Waals surface area contributed by atoms with E-state index >= 15 is 0 Å². The van der Waals surface area contributed by atoms with Crippen LogP contribution >= 0.6 is 0 Å². The predicted octanol–water partition coefficient (Wildman–Crippen LogP) is 7.18. The van der Waals surface area contributed by atoms with Gasteiger partial charge >= 0.3 is 0 Å². The Labute approximate surface area is 206 Å². The first-order chi connectivity index (χ1) is 16.7. The molecule has 0 amide bonds. The van der Waals surface area contributed by atoms with Gasteiger partial charge in [-0.3, -0.25) is 0 Å². The Hall–Kier alpha value is -2.08. The fourth-order valence-corrected chi connectivity index (χ4v) is 6.15. The molecule has 2 aromatic carbocycles. The molecule has 182 valence electrons. The summed E-state index contributed by atoms with van der Waals surface area (Å²) in [6.07, 6.45) is 14.6. The molecule has 0 aliphatic heterocycles. The average Bonchev–Trinajstić information content (AvgIpc) is 2.91. The first kappa shape index (κ1) is 25.0. The molecule has 0 radical (unpaired) electrons. The molecule has 0 aromatic heterocycles. The molecule has 0 saturated heterocycles. The zero-order valence-electron chi connectivity index (χ0n) is 20.7. The van der Waals surface area contributed by atoms with Gasteiger partial charge < -0.3 is 10.2 Å². The lowest BCUT2D eigenvalue weighted by Crippen LogP contribution is -2.13. The van der Waals surface area contributed by atoms with Crippen molar-refractivity contribution in [3.05, 3.63) is 70.8 Å². The van der Waals surface area contributed by atoms with Gasteiger partial charge in [-0.15, -0.1) is 0 Å². The van der Waals surface area contributed by atoms with Crippen molar-refractivity contribution in [2.24, 2.45) is 11.8 Å². The summed E-state index contributed by atoms with van der Waals surface area (Å²) < 4.78 is 0. The molecule has 2 aliphatic carbocycles. The van der Waals surface area contributed by atoms with Crippen molar-refractivity contribution in [2.75, 3.05) is 13.2 Å². The van der Waals surface area contributed by atoms with Crippen molar-refractivity contribution in [1.29, 1.82) is 0 Å². The minimum Gasteiger partial charge on any atom is -0.396 e. The third kappa shape index (κ3) is 7.21. The Morgan fingerprint density at radius 2 is 0.882 bits per heavy atom. The van der Waals surface area contributed by atoms with Crippen LogP contribution in [0, 0.1) is 23.7 Å². The molecule has 0 unspecified atom stereocenters. The molecule has 2 nitrogen and oxygen atoms in total. The standard InChI is InChI=1S/C32H42O2/c33-23-1-3-25-7-15-29(16-8-25)31-19-11-27(12-20-31)5-6-28-13-21-32(22-14-28)30-17-9-26(10-18-30)4-2-24-34/h11-14,19-22,25-26,29-30,33-34H,1-4,7-10,15-18,23-24H2/t25-,26?,29-,30?. The fourth-order valence-electron chi connectivity index (χ4n) is 6.15. The summed E-state index contributed by atoms with van der Waals surface area (Å²) in [4.78, 5) is 0. The minimum atomic E-state index is 0.334. The van der Waals surface area contributed by atoms with E-state index in [0.29, 0.717) is 25.0 Å². The summed E-state index contributed by atoms with van der Waals surface area (Å²) in [5.41, 5.74) is 5.10. The van der Waals surface area contributed by atoms with Crippen LogP contribution in [0.5, 0.6) is 0 Å². The number of aliphatic hydroxyl groups excluding tert-OH is 2. The number of hydrogen-bond donors (Lipinski definition) is 2. The second-order valence-corrected chi connectivity index (χ2v) is 10.7. The molecule has 2 aromatic rings. The SMILES string of the molecule is OCCCC1CCC(c2ccc(C#Cc3ccc([C@H]4CC[C@H](CCCO)CC4)cc3)cc2)CC1. The molecule has 0 bridgehead atoms. The van der Waals surface area contributed by atoms with E-state index in [1.54, 1.807) is 0 Å². The summed E-state index contributed by atoms with van der Waals surface area (Å²) >= 11 is 0. The van der Waals surface area contributed by atoms with Crippen LogP contribution in [-0.2, 0) is 0 Å². The molecule has 2 fully saturated rings. The number of hydrogen-bond acceptors (Lipinski definition) is 2. The lowest BCUT2D eigenvalue weighted by atomic mass is 9.77. The average molecular weight is 459 g/mol. The normalized spacial score (nSPS) is 24.9. The van der Waals surface area contributed by atoms with Crippen LogP contribution in [0.3, 0.4) is 0 Å². The highest BCUT2D eigenvalue weighted by Gasteiger charge is 2.23. The third-order valence-electron chi connectivity index (χ3n) is 8.35. The summed E-state index contributed by atoms with van der Waals surface area (Å²) in [6, 6.07) is 17.9. The second-order valence-electron chi connectivity index (χ2n) is 10.7. The summed E-state index contributed by atoms with van der Waals surface area (Å²) in [7, 11) is 0. The van der Waals surface area contributed by atoms with Crippen LogP contribution in [0.25, 0.3) is 0 Å². The zero-order chi connectivity index (χ0) is 23.6. The Morgan fingerprint density at radius 3 is 1.21 bits per heavy atom. The van der Waals surface area contributed by atoms with Crippen molar-refractivity contribution in [2.45, 2.75) is 88.9 Å². The lowest BCUT2D eigenvalue weighted by Gasteiger charge is -2.28. The second kappa shape index (κ2) is 13.1. The van der Waals surface area contributed by atoms with Crippen LogP contribution < -0.4 is 0 Å². The van der Waals surface area contributed by atoms with Crippen LogP contribution in [0.15, 0.2) is 48.5 Å². The van der Waals surface area contributed by atoms with E-state index in [1.165, 1.54) is 75.3 Å². The van der Waals surface area contributed by atoms with E-state index in [-0.39, 0.29) is 0 Å². The monoisotopic (exact) mass is 458 g/mol. The van der Waals surface area contributed by atoms with Crippen molar-refractivity contribution in [3.8, 4) is 11.8 Å². The first-order valence-corrected chi connectivity index (χ1v) is 13.7. The highest BCUT2D eigenvalue weighted by molar-refractivity contribution is 5.44. The maximum absolute atomic E-state index is 9.05. The van der Waals surface area contributed by atoms with Crippen LogP contribution in [0.1, 0.15) is 111 Å². The Morgan fingerprint density at radius 1 is 0.529 bits per heavy atom. The van der Waals surface area contributed by atoms with Gasteiger partial charge in [0.25, 0.3) is 0 Å². The van der Waals surface area contributed by atoms with Gasteiger partial charge in [-0.05, 0) is 136 Å². The molecule has 0 atom stereocenters. The van der Waals surface area contributed by atoms with Crippen molar-refractivity contribution in [3.63, 3.8) is 0 Å². The molecule has 2 aliphatic rings. The predicted molar refractivity (Wildman–Crippen MR) is 141 cm³/mol. The number of benzene rings is 2. The van der Waals surface area contributed by atoms with E-state index in [9.17, 15) is 0 Å². The molecule has 2 heteroatoms. The maximum atomic E-state index is 9.05. The van der Waals surface area contributed by atoms with Gasteiger partial charge in [0.15, 0.2) is 0 Å². The van der Waals surface area contributed by atoms with Crippen LogP contribution in [-0.4, -0.2) is 23.4 Å². The molecule has 2 saturated carbocycles. The van der Waals surface area contributed by atoms with E-state index in [0.717, 1.165) is 35.8 Å². The van der Waals surface area contributed by atoms with Crippen LogP contribution in [0.4, 0.5) is 0 Å². The topological polar surface area (TPSA) is 40.5 Å². The smallest absolute Gasteiger partial charge is 0.0431 e. The molecule has 34 heavy (non-hydrogen) atoms. The molecule has 2 N–H and O–H groups in total. The number of aliphatic hydroxyl groups is 2. The van der Waals surface area contributed by atoms with Gasteiger partial charge in [-0.25, -0.2) is 0 Å². The Balaban J connectivity index is 1.26. The largest absolute Gasteiger partial charge is 0.396 e. The van der Waals surface area contributed by atoms with Gasteiger partial charge in [-0.1, -0.05) is 36.1 Å². The van der Waals surface area contributed by atoms with E-state index in [2.05, 4.69) is 60.4 Å². The highest BCUT2D eigenvalue weighted by atomic mass is 16.3. The van der Waals surface area contributed by atoms with E-state index in [1.807, 2.05) is 0 Å². The third-order valence-corrected chi connectivity index (χ3v) is 8.35. The number of rotatable bonds is 8. The van der Waals surface area contributed by atoms with Gasteiger partial charge in [-0.2, -0.15) is 0 Å². The van der Waals surface area contributed by atoms with Gasteiger partial charge in [0.05, 0.1) is 0 Å². The van der Waals surface area contributed by atoms with E-state index in [4.69, 9.17) is 10.2 Å². The summed E-state index contributed by atoms with van der Waals surface area (Å²) in [5.74, 6) is 9.70. The minimum absolute atomic E-state index is 0.334. The van der Waals surface area contributed by atoms with Crippen molar-refractivity contribution >= 4 is 0 Å². The Bertz CT molecular complexity index is 827. The molecule has 0 heterocycles. The summed E-state index contributed by atoms with van der Waals surface area (Å²) in [5, 5.41) is 18.1. The quantitative estimate of drug-likeness (QED) is 0.411. The highest BCUT2D eigenvalue weighted by Crippen LogP contribution is 2.38. The zero-order valence-corrected chi connectivity index (χ0v) is 20.7. The van der Waals surface area contributed by atoms with Gasteiger partial charge in [0, 0.05) is 24.3 Å². The Kier molecular flexibility index (Phi) is 9.66. The van der Waals surface area contributed by atoms with E-state index < -0.39 is 0 Å². The van der Waals surface area contributed by atoms with Gasteiger partial charge in [0.2, 0.25) is 0 Å². The molecular formula is C32H42O2. The first-order valence-electron chi connectivity index (χ1n) is 13.7. The molecule has 0 spiro atoms. The van der Waals surface area contributed by atoms with Gasteiger partial charge in [0.1, 0.15) is 0 Å². The molecule has 4 rings (SSSR count). The van der Waals surface area contributed by atoms with Crippen molar-refractivity contribution in [1.82, 2.24) is 0 Å². The van der Waals surface area contributed by atoms with Crippen LogP contribution in [0.2, 0.25) is 0 Å².